The smallest absolute Gasteiger partial charge is 0.246 e. The number of rotatable bonds is 7. The van der Waals surface area contributed by atoms with Crippen molar-refractivity contribution in [3.05, 3.63) is 35.9 Å². The fraction of sp³-hybridized carbons (Fsp3) is 0.526. The molecular formula is C19H27NO4S. The molecule has 0 bridgehead atoms. The third-order valence-corrected chi connectivity index (χ3v) is 6.74. The van der Waals surface area contributed by atoms with Crippen LogP contribution in [-0.2, 0) is 14.6 Å². The van der Waals surface area contributed by atoms with Gasteiger partial charge in [0, 0.05) is 30.5 Å². The Morgan fingerprint density at radius 2 is 1.92 bits per heavy atom. The van der Waals surface area contributed by atoms with Crippen LogP contribution in [0.15, 0.2) is 30.3 Å². The standard InChI is InChI=1S/C19H27NO4S/c1-3-15-24-18-8-6-5-7-16(18)9-10-19(21)20-13-11-17(12-14-20)25(22,23)4-2/h5-10,17H,3-4,11-15H2,1-2H3/b10-9+. The van der Waals surface area contributed by atoms with E-state index in [-0.39, 0.29) is 16.9 Å². The second-order valence-electron chi connectivity index (χ2n) is 6.20. The molecule has 0 unspecified atom stereocenters. The molecule has 0 N–H and O–H groups in total. The number of likely N-dealkylation sites (tertiary alicyclic amines) is 1. The van der Waals surface area contributed by atoms with Crippen molar-refractivity contribution in [2.24, 2.45) is 0 Å². The number of sulfone groups is 1. The van der Waals surface area contributed by atoms with E-state index in [0.717, 1.165) is 17.7 Å². The van der Waals surface area contributed by atoms with Crippen molar-refractivity contribution in [2.45, 2.75) is 38.4 Å². The van der Waals surface area contributed by atoms with Crippen molar-refractivity contribution in [3.8, 4) is 5.75 Å². The second kappa shape index (κ2) is 9.04. The molecule has 0 aliphatic carbocycles. The molecule has 1 aromatic rings. The van der Waals surface area contributed by atoms with Gasteiger partial charge >= 0.3 is 0 Å². The lowest BCUT2D eigenvalue weighted by Crippen LogP contribution is -2.42. The monoisotopic (exact) mass is 365 g/mol. The largest absolute Gasteiger partial charge is 0.493 e. The van der Waals surface area contributed by atoms with Crippen LogP contribution in [0.25, 0.3) is 6.08 Å². The minimum Gasteiger partial charge on any atom is -0.493 e. The fourth-order valence-electron chi connectivity index (χ4n) is 2.90. The van der Waals surface area contributed by atoms with Gasteiger partial charge < -0.3 is 9.64 Å². The van der Waals surface area contributed by atoms with E-state index in [1.165, 1.54) is 0 Å². The van der Waals surface area contributed by atoms with Gasteiger partial charge in [0.05, 0.1) is 11.9 Å². The van der Waals surface area contributed by atoms with Gasteiger partial charge in [-0.25, -0.2) is 8.42 Å². The number of carbonyl (C=O) groups is 1. The average Bonchev–Trinajstić information content (AvgIpc) is 2.65. The van der Waals surface area contributed by atoms with E-state index in [1.807, 2.05) is 31.2 Å². The lowest BCUT2D eigenvalue weighted by Gasteiger charge is -2.30. The van der Waals surface area contributed by atoms with Crippen molar-refractivity contribution >= 4 is 21.8 Å². The first-order valence-corrected chi connectivity index (χ1v) is 10.6. The SMILES string of the molecule is CCCOc1ccccc1/C=C/C(=O)N1CCC(S(=O)(=O)CC)CC1. The van der Waals surface area contributed by atoms with Crippen molar-refractivity contribution in [1.29, 1.82) is 0 Å². The van der Waals surface area contributed by atoms with Crippen molar-refractivity contribution in [3.63, 3.8) is 0 Å². The van der Waals surface area contributed by atoms with E-state index >= 15 is 0 Å². The number of amides is 1. The Bertz CT molecular complexity index is 704. The lowest BCUT2D eigenvalue weighted by atomic mass is 10.1. The van der Waals surface area contributed by atoms with Gasteiger partial charge in [-0.05, 0) is 31.4 Å². The van der Waals surface area contributed by atoms with Gasteiger partial charge in [-0.3, -0.25) is 4.79 Å². The third kappa shape index (κ3) is 5.33. The molecule has 1 aromatic carbocycles. The van der Waals surface area contributed by atoms with Crippen LogP contribution in [0.4, 0.5) is 0 Å². The number of benzene rings is 1. The highest BCUT2D eigenvalue weighted by Crippen LogP contribution is 2.21. The Balaban J connectivity index is 1.96. The molecule has 1 saturated heterocycles. The van der Waals surface area contributed by atoms with Crippen molar-refractivity contribution in [1.82, 2.24) is 4.90 Å². The Hall–Kier alpha value is -1.82. The number of ether oxygens (including phenoxy) is 1. The summed E-state index contributed by atoms with van der Waals surface area (Å²) in [5.41, 5.74) is 0.868. The summed E-state index contributed by atoms with van der Waals surface area (Å²) in [5.74, 6) is 0.846. The zero-order valence-corrected chi connectivity index (χ0v) is 15.8. The molecule has 25 heavy (non-hydrogen) atoms. The summed E-state index contributed by atoms with van der Waals surface area (Å²) in [7, 11) is -3.01. The van der Waals surface area contributed by atoms with Crippen LogP contribution in [0.3, 0.4) is 0 Å². The maximum absolute atomic E-state index is 12.4. The summed E-state index contributed by atoms with van der Waals surface area (Å²) >= 11 is 0. The van der Waals surface area contributed by atoms with Crippen LogP contribution < -0.4 is 4.74 Å². The van der Waals surface area contributed by atoms with Crippen LogP contribution in [0.5, 0.6) is 5.75 Å². The molecular weight excluding hydrogens is 338 g/mol. The predicted molar refractivity (Wildman–Crippen MR) is 100 cm³/mol. The Morgan fingerprint density at radius 3 is 2.56 bits per heavy atom. The van der Waals surface area contributed by atoms with E-state index in [9.17, 15) is 13.2 Å². The van der Waals surface area contributed by atoms with Crippen molar-refractivity contribution in [2.75, 3.05) is 25.4 Å². The summed E-state index contributed by atoms with van der Waals surface area (Å²) in [6.45, 7) is 5.33. The van der Waals surface area contributed by atoms with Crippen LogP contribution in [-0.4, -0.2) is 49.9 Å². The van der Waals surface area contributed by atoms with Gasteiger partial charge in [0.1, 0.15) is 5.75 Å². The number of carbonyl (C=O) groups excluding carboxylic acids is 1. The fourth-order valence-corrected chi connectivity index (χ4v) is 4.30. The average molecular weight is 365 g/mol. The topological polar surface area (TPSA) is 63.7 Å². The number of para-hydroxylation sites is 1. The summed E-state index contributed by atoms with van der Waals surface area (Å²) in [6, 6.07) is 7.61. The van der Waals surface area contributed by atoms with Gasteiger partial charge in [-0.2, -0.15) is 0 Å². The minimum absolute atomic E-state index is 0.0855. The Kier molecular flexibility index (Phi) is 7.05. The van der Waals surface area contributed by atoms with Gasteiger partial charge in [0.2, 0.25) is 5.91 Å². The molecule has 0 aromatic heterocycles. The zero-order chi connectivity index (χ0) is 18.3. The molecule has 0 spiro atoms. The summed E-state index contributed by atoms with van der Waals surface area (Å²) in [6.07, 6.45) is 5.27. The van der Waals surface area contributed by atoms with Crippen molar-refractivity contribution < 1.29 is 17.9 Å². The van der Waals surface area contributed by atoms with Gasteiger partial charge in [0.15, 0.2) is 9.84 Å². The Morgan fingerprint density at radius 1 is 1.24 bits per heavy atom. The van der Waals surface area contributed by atoms with Crippen LogP contribution in [0.1, 0.15) is 38.7 Å². The molecule has 2 rings (SSSR count). The van der Waals surface area contributed by atoms with Crippen LogP contribution in [0.2, 0.25) is 0 Å². The normalized spacial score (nSPS) is 16.3. The molecule has 5 nitrogen and oxygen atoms in total. The molecule has 1 aliphatic heterocycles. The number of hydrogen-bond acceptors (Lipinski definition) is 4. The zero-order valence-electron chi connectivity index (χ0n) is 15.0. The molecule has 1 fully saturated rings. The first kappa shape index (κ1) is 19.5. The molecule has 6 heteroatoms. The molecule has 1 amide bonds. The Labute approximate surface area is 150 Å². The molecule has 1 aliphatic rings. The lowest BCUT2D eigenvalue weighted by molar-refractivity contribution is -0.126. The maximum Gasteiger partial charge on any atom is 0.246 e. The van der Waals surface area contributed by atoms with E-state index < -0.39 is 9.84 Å². The highest BCUT2D eigenvalue weighted by Gasteiger charge is 2.29. The van der Waals surface area contributed by atoms with Crippen LogP contribution in [0, 0.1) is 0 Å². The first-order valence-electron chi connectivity index (χ1n) is 8.88. The van der Waals surface area contributed by atoms with Gasteiger partial charge in [-0.15, -0.1) is 0 Å². The second-order valence-corrected chi connectivity index (χ2v) is 8.77. The predicted octanol–water partition coefficient (Wildman–Crippen LogP) is 2.91. The van der Waals surface area contributed by atoms with E-state index in [1.54, 1.807) is 24.0 Å². The minimum atomic E-state index is -3.01. The summed E-state index contributed by atoms with van der Waals surface area (Å²) in [5, 5.41) is -0.311. The number of nitrogens with zero attached hydrogens (tertiary/aromatic N) is 1. The van der Waals surface area contributed by atoms with E-state index in [4.69, 9.17) is 4.74 Å². The van der Waals surface area contributed by atoms with Crippen LogP contribution >= 0.6 is 0 Å². The molecule has 138 valence electrons. The highest BCUT2D eigenvalue weighted by atomic mass is 32.2. The summed E-state index contributed by atoms with van der Waals surface area (Å²) in [4.78, 5) is 14.1. The number of hydrogen-bond donors (Lipinski definition) is 0. The third-order valence-electron chi connectivity index (χ3n) is 4.45. The number of piperidine rings is 1. The molecule has 0 atom stereocenters. The summed E-state index contributed by atoms with van der Waals surface area (Å²) < 4.78 is 29.6. The highest BCUT2D eigenvalue weighted by molar-refractivity contribution is 7.92. The van der Waals surface area contributed by atoms with E-state index in [0.29, 0.717) is 32.5 Å². The first-order chi connectivity index (χ1) is 12.0. The van der Waals surface area contributed by atoms with E-state index in [2.05, 4.69) is 0 Å². The maximum atomic E-state index is 12.4. The molecule has 0 radical (unpaired) electrons. The van der Waals surface area contributed by atoms with Gasteiger partial charge in [0.25, 0.3) is 0 Å². The quantitative estimate of drug-likeness (QED) is 0.697. The molecule has 0 saturated carbocycles. The molecule has 1 heterocycles. The van der Waals surface area contributed by atoms with Gasteiger partial charge in [-0.1, -0.05) is 32.0 Å².